The lowest BCUT2D eigenvalue weighted by molar-refractivity contribution is -0.145. The van der Waals surface area contributed by atoms with Crippen molar-refractivity contribution in [3.63, 3.8) is 0 Å². The van der Waals surface area contributed by atoms with Gasteiger partial charge in [-0.2, -0.15) is 0 Å². The van der Waals surface area contributed by atoms with E-state index in [4.69, 9.17) is 5.11 Å². The van der Waals surface area contributed by atoms with Gasteiger partial charge < -0.3 is 5.11 Å². The molecule has 0 amide bonds. The van der Waals surface area contributed by atoms with Crippen LogP contribution in [0.5, 0.6) is 0 Å². The van der Waals surface area contributed by atoms with Crippen molar-refractivity contribution >= 4 is 5.97 Å². The molecule has 0 spiro atoms. The van der Waals surface area contributed by atoms with Gasteiger partial charge in [0.2, 0.25) is 0 Å². The average Bonchev–Trinajstić information content (AvgIpc) is 2.32. The van der Waals surface area contributed by atoms with Crippen molar-refractivity contribution in [1.29, 1.82) is 0 Å². The molecule has 1 N–H and O–H groups in total. The highest BCUT2D eigenvalue weighted by Crippen LogP contribution is 2.43. The van der Waals surface area contributed by atoms with Gasteiger partial charge >= 0.3 is 5.97 Å². The van der Waals surface area contributed by atoms with Crippen LogP contribution in [0.25, 0.3) is 0 Å². The Morgan fingerprint density at radius 3 is 2.82 bits per heavy atom. The Bertz CT molecular complexity index is 169. The Morgan fingerprint density at radius 1 is 1.82 bits per heavy atom. The number of rotatable bonds is 2. The van der Waals surface area contributed by atoms with Gasteiger partial charge in [0.05, 0.1) is 12.6 Å². The van der Waals surface area contributed by atoms with Crippen molar-refractivity contribution in [3.05, 3.63) is 0 Å². The van der Waals surface area contributed by atoms with Crippen molar-refractivity contribution in [2.75, 3.05) is 6.67 Å². The van der Waals surface area contributed by atoms with E-state index in [1.165, 1.54) is 0 Å². The molecule has 1 rings (SSSR count). The predicted molar refractivity (Wildman–Crippen MR) is 39.1 cm³/mol. The van der Waals surface area contributed by atoms with Gasteiger partial charge in [-0.05, 0) is 12.8 Å². The summed E-state index contributed by atoms with van der Waals surface area (Å²) in [4.78, 5) is 10.6. The van der Waals surface area contributed by atoms with E-state index in [1.807, 2.05) is 0 Å². The zero-order chi connectivity index (χ0) is 8.48. The first-order valence-electron chi connectivity index (χ1n) is 3.89. The Labute approximate surface area is 65.4 Å². The van der Waals surface area contributed by atoms with Crippen LogP contribution in [0.4, 0.5) is 4.39 Å². The summed E-state index contributed by atoms with van der Waals surface area (Å²) >= 11 is 0. The van der Waals surface area contributed by atoms with Crippen molar-refractivity contribution in [2.24, 2.45) is 11.3 Å². The van der Waals surface area contributed by atoms with Crippen LogP contribution in [0.3, 0.4) is 0 Å². The highest BCUT2D eigenvalue weighted by molar-refractivity contribution is 5.71. The second-order valence-electron chi connectivity index (χ2n) is 3.57. The van der Waals surface area contributed by atoms with Crippen LogP contribution in [0, 0.1) is 11.3 Å². The largest absolute Gasteiger partial charge is 0.481 e. The second kappa shape index (κ2) is 2.80. The third kappa shape index (κ3) is 1.37. The van der Waals surface area contributed by atoms with Gasteiger partial charge in [0, 0.05) is 5.41 Å². The van der Waals surface area contributed by atoms with Gasteiger partial charge in [-0.25, -0.2) is 0 Å². The van der Waals surface area contributed by atoms with Gasteiger partial charge in [0.15, 0.2) is 0 Å². The summed E-state index contributed by atoms with van der Waals surface area (Å²) in [7, 11) is 0. The molecule has 2 nitrogen and oxygen atoms in total. The molecule has 0 aromatic carbocycles. The second-order valence-corrected chi connectivity index (χ2v) is 3.57. The lowest BCUT2D eigenvalue weighted by Crippen LogP contribution is -2.30. The Hall–Kier alpha value is -0.600. The molecule has 1 saturated carbocycles. The molecule has 0 aromatic heterocycles. The summed E-state index contributed by atoms with van der Waals surface area (Å²) in [6, 6.07) is 0. The SMILES string of the molecule is CC1(CF)CCCC1C(=O)O. The Morgan fingerprint density at radius 2 is 2.45 bits per heavy atom. The molecule has 1 fully saturated rings. The third-order valence-electron chi connectivity index (χ3n) is 2.69. The van der Waals surface area contributed by atoms with Crippen LogP contribution in [-0.4, -0.2) is 17.8 Å². The maximum atomic E-state index is 12.4. The fraction of sp³-hybridized carbons (Fsp3) is 0.875. The van der Waals surface area contributed by atoms with Crippen LogP contribution < -0.4 is 0 Å². The zero-order valence-corrected chi connectivity index (χ0v) is 6.64. The maximum Gasteiger partial charge on any atom is 0.307 e. The minimum Gasteiger partial charge on any atom is -0.481 e. The summed E-state index contributed by atoms with van der Waals surface area (Å²) in [5, 5.41) is 8.71. The predicted octanol–water partition coefficient (Wildman–Crippen LogP) is 1.85. The van der Waals surface area contributed by atoms with Gasteiger partial charge in [0.25, 0.3) is 0 Å². The molecule has 0 heterocycles. The van der Waals surface area contributed by atoms with E-state index < -0.39 is 24.0 Å². The first kappa shape index (κ1) is 8.50. The molecule has 0 aromatic rings. The van der Waals surface area contributed by atoms with Crippen molar-refractivity contribution < 1.29 is 14.3 Å². The Kier molecular flexibility index (Phi) is 2.16. The molecule has 0 bridgehead atoms. The quantitative estimate of drug-likeness (QED) is 0.669. The van der Waals surface area contributed by atoms with E-state index in [1.54, 1.807) is 6.92 Å². The molecule has 1 aliphatic rings. The van der Waals surface area contributed by atoms with Crippen LogP contribution in [0.1, 0.15) is 26.2 Å². The van der Waals surface area contributed by atoms with Gasteiger partial charge in [-0.3, -0.25) is 9.18 Å². The highest BCUT2D eigenvalue weighted by atomic mass is 19.1. The molecular formula is C8H13FO2. The van der Waals surface area contributed by atoms with E-state index in [0.717, 1.165) is 6.42 Å². The van der Waals surface area contributed by atoms with Gasteiger partial charge in [-0.1, -0.05) is 13.3 Å². The van der Waals surface area contributed by atoms with E-state index in [0.29, 0.717) is 12.8 Å². The molecule has 3 heteroatoms. The molecule has 2 atom stereocenters. The minimum atomic E-state index is -0.845. The molecule has 1 aliphatic carbocycles. The monoisotopic (exact) mass is 160 g/mol. The van der Waals surface area contributed by atoms with Crippen molar-refractivity contribution in [1.82, 2.24) is 0 Å². The number of carboxylic acid groups (broad SMARTS) is 1. The summed E-state index contributed by atoms with van der Waals surface area (Å²) in [5.74, 6) is -1.31. The van der Waals surface area contributed by atoms with Crippen LogP contribution in [0.2, 0.25) is 0 Å². The van der Waals surface area contributed by atoms with Crippen molar-refractivity contribution in [2.45, 2.75) is 26.2 Å². The summed E-state index contributed by atoms with van der Waals surface area (Å²) in [6.45, 7) is 1.21. The van der Waals surface area contributed by atoms with Crippen LogP contribution in [0.15, 0.2) is 0 Å². The van der Waals surface area contributed by atoms with Crippen molar-refractivity contribution in [3.8, 4) is 0 Å². The van der Waals surface area contributed by atoms with Crippen LogP contribution >= 0.6 is 0 Å². The molecule has 0 aliphatic heterocycles. The van der Waals surface area contributed by atoms with E-state index in [2.05, 4.69) is 0 Å². The normalized spacial score (nSPS) is 37.5. The van der Waals surface area contributed by atoms with Gasteiger partial charge in [0.1, 0.15) is 0 Å². The molecule has 0 saturated heterocycles. The summed E-state index contributed by atoms with van der Waals surface area (Å²) in [6.07, 6.45) is 2.19. The zero-order valence-electron chi connectivity index (χ0n) is 6.64. The standard InChI is InChI=1S/C8H13FO2/c1-8(5-9)4-2-3-6(8)7(10)11/h6H,2-5H2,1H3,(H,10,11). The lowest BCUT2D eigenvalue weighted by atomic mass is 9.81. The fourth-order valence-electron chi connectivity index (χ4n) is 1.81. The smallest absolute Gasteiger partial charge is 0.307 e. The minimum absolute atomic E-state index is 0.465. The summed E-state index contributed by atoms with van der Waals surface area (Å²) in [5.41, 5.74) is -0.591. The van der Waals surface area contributed by atoms with E-state index >= 15 is 0 Å². The number of alkyl halides is 1. The Balaban J connectivity index is 2.72. The van der Waals surface area contributed by atoms with Crippen LogP contribution in [-0.2, 0) is 4.79 Å². The maximum absolute atomic E-state index is 12.4. The number of hydrogen-bond acceptors (Lipinski definition) is 1. The lowest BCUT2D eigenvalue weighted by Gasteiger charge is -2.24. The third-order valence-corrected chi connectivity index (χ3v) is 2.69. The summed E-state index contributed by atoms with van der Waals surface area (Å²) < 4.78 is 12.4. The number of carbonyl (C=O) groups is 1. The molecule has 0 radical (unpaired) electrons. The molecule has 2 unspecified atom stereocenters. The topological polar surface area (TPSA) is 37.3 Å². The number of aliphatic carboxylic acids is 1. The average molecular weight is 160 g/mol. The van der Waals surface area contributed by atoms with E-state index in [9.17, 15) is 9.18 Å². The first-order valence-corrected chi connectivity index (χ1v) is 3.89. The first-order chi connectivity index (χ1) is 5.10. The number of hydrogen-bond donors (Lipinski definition) is 1. The molecular weight excluding hydrogens is 147 g/mol. The van der Waals surface area contributed by atoms with E-state index in [-0.39, 0.29) is 0 Å². The fourth-order valence-corrected chi connectivity index (χ4v) is 1.81. The number of halogens is 1. The number of carboxylic acids is 1. The molecule has 11 heavy (non-hydrogen) atoms. The molecule has 64 valence electrons. The van der Waals surface area contributed by atoms with Gasteiger partial charge in [-0.15, -0.1) is 0 Å². The highest BCUT2D eigenvalue weighted by Gasteiger charge is 2.43.